The van der Waals surface area contributed by atoms with E-state index in [-0.39, 0.29) is 0 Å². The van der Waals surface area contributed by atoms with E-state index in [0.717, 1.165) is 22.3 Å². The Morgan fingerprint density at radius 3 is 2.44 bits per heavy atom. The Morgan fingerprint density at radius 1 is 1.12 bits per heavy atom. The first kappa shape index (κ1) is 11.2. The Labute approximate surface area is 104 Å². The molecule has 0 saturated heterocycles. The number of aromatic hydroxyl groups is 1. The fourth-order valence-corrected chi connectivity index (χ4v) is 2.22. The largest absolute Gasteiger partial charge is 0.507 e. The van der Waals surface area contributed by atoms with Gasteiger partial charge in [0.05, 0.1) is 0 Å². The van der Waals surface area contributed by atoms with Crippen LogP contribution in [0.2, 0.25) is 0 Å². The number of phenols is 1. The van der Waals surface area contributed by atoms with E-state index >= 15 is 0 Å². The van der Waals surface area contributed by atoms with Gasteiger partial charge in [-0.3, -0.25) is 0 Å². The fourth-order valence-electron chi connectivity index (χ4n) is 1.79. The van der Waals surface area contributed by atoms with Crippen LogP contribution in [-0.4, -0.2) is 5.11 Å². The topological polar surface area (TPSA) is 20.2 Å². The highest BCUT2D eigenvalue weighted by atomic mass is 79.9. The summed E-state index contributed by atoms with van der Waals surface area (Å²) >= 11 is 3.39. The van der Waals surface area contributed by atoms with Crippen molar-refractivity contribution in [3.05, 3.63) is 53.6 Å². The van der Waals surface area contributed by atoms with E-state index in [2.05, 4.69) is 15.9 Å². The van der Waals surface area contributed by atoms with Crippen molar-refractivity contribution < 1.29 is 5.11 Å². The highest BCUT2D eigenvalue weighted by molar-refractivity contribution is 9.08. The molecule has 16 heavy (non-hydrogen) atoms. The lowest BCUT2D eigenvalue weighted by atomic mass is 9.99. The molecular weight excluding hydrogens is 264 g/mol. The second kappa shape index (κ2) is 4.71. The Morgan fingerprint density at radius 2 is 1.81 bits per heavy atom. The standard InChI is InChI=1S/C14H13BrO/c1-10-7-12(9-15)14(16)13(8-10)11-5-3-2-4-6-11/h2-8,16H,9H2,1H3. The second-order valence-corrected chi connectivity index (χ2v) is 4.38. The molecule has 0 amide bonds. The zero-order valence-corrected chi connectivity index (χ0v) is 10.7. The molecule has 2 heteroatoms. The van der Waals surface area contributed by atoms with Crippen LogP contribution in [0.5, 0.6) is 5.75 Å². The predicted octanol–water partition coefficient (Wildman–Crippen LogP) is 4.26. The molecule has 0 atom stereocenters. The van der Waals surface area contributed by atoms with Crippen LogP contribution >= 0.6 is 15.9 Å². The lowest BCUT2D eigenvalue weighted by Crippen LogP contribution is -1.87. The molecule has 0 saturated carbocycles. The number of hydrogen-bond acceptors (Lipinski definition) is 1. The molecule has 0 unspecified atom stereocenters. The van der Waals surface area contributed by atoms with E-state index in [1.54, 1.807) is 0 Å². The average molecular weight is 277 g/mol. The van der Waals surface area contributed by atoms with Gasteiger partial charge < -0.3 is 5.11 Å². The first-order valence-corrected chi connectivity index (χ1v) is 6.28. The highest BCUT2D eigenvalue weighted by Crippen LogP contribution is 2.34. The van der Waals surface area contributed by atoms with Crippen molar-refractivity contribution in [3.8, 4) is 16.9 Å². The maximum Gasteiger partial charge on any atom is 0.127 e. The monoisotopic (exact) mass is 276 g/mol. The van der Waals surface area contributed by atoms with Gasteiger partial charge in [0.2, 0.25) is 0 Å². The summed E-state index contributed by atoms with van der Waals surface area (Å²) < 4.78 is 0. The molecule has 2 aromatic rings. The van der Waals surface area contributed by atoms with Crippen molar-refractivity contribution in [3.63, 3.8) is 0 Å². The molecule has 1 N–H and O–H groups in total. The third kappa shape index (κ3) is 2.12. The van der Waals surface area contributed by atoms with Gasteiger partial charge in [0, 0.05) is 16.5 Å². The smallest absolute Gasteiger partial charge is 0.127 e. The summed E-state index contributed by atoms with van der Waals surface area (Å²) in [4.78, 5) is 0. The van der Waals surface area contributed by atoms with Crippen LogP contribution in [0.4, 0.5) is 0 Å². The molecule has 82 valence electrons. The third-order valence-corrected chi connectivity index (χ3v) is 3.17. The number of phenolic OH excluding ortho intramolecular Hbond substituents is 1. The molecule has 0 aromatic heterocycles. The molecule has 2 aromatic carbocycles. The predicted molar refractivity (Wildman–Crippen MR) is 70.9 cm³/mol. The molecule has 1 nitrogen and oxygen atoms in total. The zero-order chi connectivity index (χ0) is 11.5. The summed E-state index contributed by atoms with van der Waals surface area (Å²) in [7, 11) is 0. The van der Waals surface area contributed by atoms with Crippen molar-refractivity contribution >= 4 is 15.9 Å². The summed E-state index contributed by atoms with van der Waals surface area (Å²) in [5.74, 6) is 0.369. The molecule has 0 radical (unpaired) electrons. The molecule has 0 heterocycles. The number of alkyl halides is 1. The quantitative estimate of drug-likeness (QED) is 0.813. The SMILES string of the molecule is Cc1cc(CBr)c(O)c(-c2ccccc2)c1. The number of halogens is 1. The molecule has 0 aliphatic rings. The zero-order valence-electron chi connectivity index (χ0n) is 9.07. The first-order chi connectivity index (χ1) is 7.72. The van der Waals surface area contributed by atoms with E-state index in [9.17, 15) is 5.11 Å². The number of aryl methyl sites for hydroxylation is 1. The molecule has 0 fully saturated rings. The third-order valence-electron chi connectivity index (χ3n) is 2.56. The number of rotatable bonds is 2. The van der Waals surface area contributed by atoms with E-state index in [1.165, 1.54) is 0 Å². The van der Waals surface area contributed by atoms with Crippen LogP contribution < -0.4 is 0 Å². The number of hydrogen-bond donors (Lipinski definition) is 1. The van der Waals surface area contributed by atoms with Crippen LogP contribution in [0.3, 0.4) is 0 Å². The average Bonchev–Trinajstić information content (AvgIpc) is 2.33. The molecule has 0 bridgehead atoms. The summed E-state index contributed by atoms with van der Waals surface area (Å²) in [5, 5.41) is 10.8. The van der Waals surface area contributed by atoms with Gasteiger partial charge in [-0.05, 0) is 24.1 Å². The second-order valence-electron chi connectivity index (χ2n) is 3.82. The molecule has 0 aliphatic carbocycles. The van der Waals surface area contributed by atoms with Crippen LogP contribution in [0.15, 0.2) is 42.5 Å². The van der Waals surface area contributed by atoms with Crippen molar-refractivity contribution in [2.45, 2.75) is 12.3 Å². The van der Waals surface area contributed by atoms with Crippen LogP contribution in [0.1, 0.15) is 11.1 Å². The number of benzene rings is 2. The lowest BCUT2D eigenvalue weighted by molar-refractivity contribution is 0.472. The van der Waals surface area contributed by atoms with E-state index in [1.807, 2.05) is 49.4 Å². The minimum absolute atomic E-state index is 0.369. The van der Waals surface area contributed by atoms with Crippen molar-refractivity contribution in [1.29, 1.82) is 0 Å². The maximum atomic E-state index is 10.1. The highest BCUT2D eigenvalue weighted by Gasteiger charge is 2.09. The van der Waals surface area contributed by atoms with Crippen LogP contribution in [-0.2, 0) is 5.33 Å². The van der Waals surface area contributed by atoms with Gasteiger partial charge in [0.25, 0.3) is 0 Å². The summed E-state index contributed by atoms with van der Waals surface area (Å²) in [6.45, 7) is 2.04. The summed E-state index contributed by atoms with van der Waals surface area (Å²) in [6.07, 6.45) is 0. The summed E-state index contributed by atoms with van der Waals surface area (Å²) in [6, 6.07) is 13.9. The van der Waals surface area contributed by atoms with Gasteiger partial charge in [0.15, 0.2) is 0 Å². The van der Waals surface area contributed by atoms with Gasteiger partial charge in [-0.25, -0.2) is 0 Å². The molecular formula is C14H13BrO. The van der Waals surface area contributed by atoms with Gasteiger partial charge in [0.1, 0.15) is 5.75 Å². The summed E-state index contributed by atoms with van der Waals surface area (Å²) in [5.41, 5.74) is 4.03. The molecule has 0 aliphatic heterocycles. The van der Waals surface area contributed by atoms with Gasteiger partial charge >= 0.3 is 0 Å². The Balaban J connectivity index is 2.61. The van der Waals surface area contributed by atoms with Crippen LogP contribution in [0.25, 0.3) is 11.1 Å². The molecule has 0 spiro atoms. The Kier molecular flexibility index (Phi) is 3.30. The first-order valence-electron chi connectivity index (χ1n) is 5.16. The Hall–Kier alpha value is -1.28. The van der Waals surface area contributed by atoms with E-state index < -0.39 is 0 Å². The van der Waals surface area contributed by atoms with Crippen LogP contribution in [0, 0.1) is 6.92 Å². The van der Waals surface area contributed by atoms with Crippen molar-refractivity contribution in [2.24, 2.45) is 0 Å². The van der Waals surface area contributed by atoms with Gasteiger partial charge in [-0.15, -0.1) is 0 Å². The van der Waals surface area contributed by atoms with E-state index in [4.69, 9.17) is 0 Å². The van der Waals surface area contributed by atoms with E-state index in [0.29, 0.717) is 11.1 Å². The maximum absolute atomic E-state index is 10.1. The minimum atomic E-state index is 0.369. The van der Waals surface area contributed by atoms with Gasteiger partial charge in [-0.2, -0.15) is 0 Å². The van der Waals surface area contributed by atoms with Crippen molar-refractivity contribution in [1.82, 2.24) is 0 Å². The Bertz CT molecular complexity index is 492. The molecule has 2 rings (SSSR count). The fraction of sp³-hybridized carbons (Fsp3) is 0.143. The lowest BCUT2D eigenvalue weighted by Gasteiger charge is -2.10. The normalized spacial score (nSPS) is 10.4. The minimum Gasteiger partial charge on any atom is -0.507 e. The van der Waals surface area contributed by atoms with Crippen molar-refractivity contribution in [2.75, 3.05) is 0 Å². The van der Waals surface area contributed by atoms with Gasteiger partial charge in [-0.1, -0.05) is 52.3 Å².